The molecule has 5 rings (SSSR count). The summed E-state index contributed by atoms with van der Waals surface area (Å²) in [5.74, 6) is -6.77. The van der Waals surface area contributed by atoms with Gasteiger partial charge in [0, 0.05) is 13.2 Å². The molecule has 1 aliphatic rings. The second-order valence-electron chi connectivity index (χ2n) is 11.1. The van der Waals surface area contributed by atoms with Crippen LogP contribution in [0.5, 0.6) is 11.6 Å². The molecule has 4 aromatic rings. The van der Waals surface area contributed by atoms with Gasteiger partial charge >= 0.3 is 23.8 Å². The van der Waals surface area contributed by atoms with Gasteiger partial charge in [0.25, 0.3) is 12.3 Å². The number of hydrogen-bond donors (Lipinski definition) is 5. The summed E-state index contributed by atoms with van der Waals surface area (Å²) in [6, 6.07) is 9.69. The minimum absolute atomic E-state index is 0.0197. The van der Waals surface area contributed by atoms with Crippen LogP contribution < -0.4 is 21.5 Å². The van der Waals surface area contributed by atoms with Gasteiger partial charge in [0.05, 0.1) is 23.8 Å². The van der Waals surface area contributed by atoms with Crippen molar-refractivity contribution in [3.63, 3.8) is 0 Å². The molecule has 0 unspecified atom stereocenters. The highest BCUT2D eigenvalue weighted by molar-refractivity contribution is 5.98. The first-order valence-corrected chi connectivity index (χ1v) is 14.8. The van der Waals surface area contributed by atoms with Crippen molar-refractivity contribution in [2.75, 3.05) is 12.3 Å². The smallest absolute Gasteiger partial charge is 0.416 e. The number of nitrogens with one attached hydrogen (secondary N) is 1. The van der Waals surface area contributed by atoms with Crippen LogP contribution in [0.1, 0.15) is 63.2 Å². The second-order valence-corrected chi connectivity index (χ2v) is 11.1. The zero-order chi connectivity index (χ0) is 38.7. The van der Waals surface area contributed by atoms with E-state index in [1.807, 2.05) is 0 Å². The van der Waals surface area contributed by atoms with Crippen LogP contribution in [0.4, 0.5) is 36.6 Å². The topological polar surface area (TPSA) is 204 Å². The van der Waals surface area contributed by atoms with Crippen LogP contribution in [0.3, 0.4) is 0 Å². The Labute approximate surface area is 287 Å². The Morgan fingerprint density at radius 3 is 2.33 bits per heavy atom. The Hall–Kier alpha value is -5.54. The number of amides is 1. The van der Waals surface area contributed by atoms with Crippen molar-refractivity contribution in [3.05, 3.63) is 99.2 Å². The number of carbonyl (C=O) groups excluding carboxylic acids is 1. The summed E-state index contributed by atoms with van der Waals surface area (Å²) in [7, 11) is 1.21. The van der Waals surface area contributed by atoms with Gasteiger partial charge in [0.1, 0.15) is 28.9 Å². The molecule has 0 aliphatic carbocycles. The summed E-state index contributed by atoms with van der Waals surface area (Å²) in [6.45, 7) is 0.754. The van der Waals surface area contributed by atoms with Crippen molar-refractivity contribution in [1.82, 2.24) is 24.6 Å². The molecule has 0 saturated carbocycles. The van der Waals surface area contributed by atoms with E-state index in [0.29, 0.717) is 16.2 Å². The number of aromatic carboxylic acids is 1. The Bertz CT molecular complexity index is 1970. The number of aliphatic hydroxyl groups excluding tert-OH is 2. The standard InChI is InChI=1S/C22H18F5N3O4.C9H11F2N3O4/c1-11(12-6-8-13(9-7-12)21(32)33)28-19(31)16-17(18(23)24)29-30(2)20(16)34-15-5-3-4-14(10-15)22(25,26)27;10-9(11)6(16)4(3-15)18-7(9)14-2-1-5(12)13-8(14)17/h3-11,18H,1-2H3,(H,28,31)(H,32,33);1-2,4,6-7,15-16H,3H2,(H2,12,13,17)/t11-;4-,6-,7-/m01/s1. The van der Waals surface area contributed by atoms with E-state index in [-0.39, 0.29) is 17.1 Å². The van der Waals surface area contributed by atoms with Crippen LogP contribution in [0, 0.1) is 0 Å². The number of hydrogen-bond acceptors (Lipinski definition) is 10. The molecule has 3 heterocycles. The van der Waals surface area contributed by atoms with Gasteiger partial charge in [0.15, 0.2) is 6.10 Å². The quantitative estimate of drug-likeness (QED) is 0.155. The molecule has 280 valence electrons. The number of aryl methyl sites for hydroxylation is 1. The minimum atomic E-state index is -4.66. The fourth-order valence-corrected chi connectivity index (χ4v) is 4.85. The lowest BCUT2D eigenvalue weighted by molar-refractivity contribution is -0.141. The molecular weight excluding hydrogens is 717 g/mol. The zero-order valence-electron chi connectivity index (χ0n) is 26.8. The van der Waals surface area contributed by atoms with Crippen molar-refractivity contribution in [1.29, 1.82) is 0 Å². The third-order valence-corrected chi connectivity index (χ3v) is 7.50. The monoisotopic (exact) mass is 746 g/mol. The first-order chi connectivity index (χ1) is 24.3. The third kappa shape index (κ3) is 8.49. The molecule has 1 aliphatic heterocycles. The van der Waals surface area contributed by atoms with E-state index in [9.17, 15) is 50.2 Å². The van der Waals surface area contributed by atoms with Crippen LogP contribution in [0.25, 0.3) is 0 Å². The summed E-state index contributed by atoms with van der Waals surface area (Å²) >= 11 is 0. The highest BCUT2D eigenvalue weighted by atomic mass is 19.4. The molecule has 52 heavy (non-hydrogen) atoms. The first kappa shape index (κ1) is 39.2. The number of benzene rings is 2. The average molecular weight is 747 g/mol. The number of aliphatic hydroxyl groups is 2. The molecule has 2 aromatic heterocycles. The van der Waals surface area contributed by atoms with E-state index >= 15 is 0 Å². The molecule has 1 fully saturated rings. The van der Waals surface area contributed by atoms with Gasteiger partial charge in [0.2, 0.25) is 12.1 Å². The van der Waals surface area contributed by atoms with Gasteiger partial charge in [-0.2, -0.15) is 32.0 Å². The molecule has 4 atom stereocenters. The summed E-state index contributed by atoms with van der Waals surface area (Å²) in [6.07, 6.45) is -12.5. The molecule has 0 bridgehead atoms. The highest BCUT2D eigenvalue weighted by Gasteiger charge is 2.59. The van der Waals surface area contributed by atoms with Gasteiger partial charge in [-0.3, -0.25) is 9.36 Å². The Morgan fingerprint density at radius 1 is 1.13 bits per heavy atom. The number of nitrogen functional groups attached to an aromatic ring is 1. The number of carboxylic acids is 1. The average Bonchev–Trinajstić information content (AvgIpc) is 3.52. The maximum atomic E-state index is 13.7. The van der Waals surface area contributed by atoms with Crippen LogP contribution in [0.2, 0.25) is 0 Å². The molecule has 21 heteroatoms. The van der Waals surface area contributed by atoms with Crippen LogP contribution >= 0.6 is 0 Å². The highest BCUT2D eigenvalue weighted by Crippen LogP contribution is 2.42. The first-order valence-electron chi connectivity index (χ1n) is 14.8. The number of nitrogens with two attached hydrogens (primary N) is 1. The number of ether oxygens (including phenoxy) is 2. The predicted molar refractivity (Wildman–Crippen MR) is 164 cm³/mol. The summed E-state index contributed by atoms with van der Waals surface area (Å²) in [5, 5.41) is 33.2. The van der Waals surface area contributed by atoms with Crippen LogP contribution in [-0.4, -0.2) is 71.3 Å². The van der Waals surface area contributed by atoms with Gasteiger partial charge in [-0.05, 0) is 48.9 Å². The molecular formula is C31H29F7N6O8. The number of anilines is 1. The molecule has 0 radical (unpaired) electrons. The Morgan fingerprint density at radius 2 is 1.79 bits per heavy atom. The second kappa shape index (κ2) is 15.4. The number of aromatic nitrogens is 4. The van der Waals surface area contributed by atoms with E-state index in [4.69, 9.17) is 25.4 Å². The molecule has 1 saturated heterocycles. The SMILES string of the molecule is C[C@H](NC(=O)c1c(C(F)F)nn(C)c1Oc1cccc(C(F)(F)F)c1)c1ccc(C(=O)O)cc1.Nc1ccn([C@@H]2O[C@H](CO)[C@@H](O)C2(F)F)c(=O)n1. The Kier molecular flexibility index (Phi) is 11.6. The lowest BCUT2D eigenvalue weighted by Crippen LogP contribution is -2.41. The number of halogens is 7. The third-order valence-electron chi connectivity index (χ3n) is 7.50. The van der Waals surface area contributed by atoms with Gasteiger partial charge in [-0.25, -0.2) is 23.1 Å². The van der Waals surface area contributed by atoms with Crippen molar-refractivity contribution in [2.45, 2.75) is 49.9 Å². The minimum Gasteiger partial charge on any atom is -0.478 e. The number of carboxylic acid groups (broad SMARTS) is 1. The van der Waals surface area contributed by atoms with Gasteiger partial charge in [-0.1, -0.05) is 18.2 Å². The molecule has 6 N–H and O–H groups in total. The van der Waals surface area contributed by atoms with Crippen molar-refractivity contribution >= 4 is 17.7 Å². The summed E-state index contributed by atoms with van der Waals surface area (Å²) in [4.78, 5) is 38.6. The van der Waals surface area contributed by atoms with E-state index in [2.05, 4.69) is 15.4 Å². The van der Waals surface area contributed by atoms with Gasteiger partial charge < -0.3 is 35.8 Å². The largest absolute Gasteiger partial charge is 0.478 e. The Balaban J connectivity index is 0.000000281. The molecule has 1 amide bonds. The fraction of sp³-hybridized carbons (Fsp3) is 0.323. The number of nitrogens with zero attached hydrogens (tertiary/aromatic N) is 4. The predicted octanol–water partition coefficient (Wildman–Crippen LogP) is 4.07. The lowest BCUT2D eigenvalue weighted by Gasteiger charge is -2.20. The zero-order valence-corrected chi connectivity index (χ0v) is 26.8. The number of rotatable bonds is 9. The van der Waals surface area contributed by atoms with Gasteiger partial charge in [-0.15, -0.1) is 0 Å². The van der Waals surface area contributed by atoms with Crippen molar-refractivity contribution in [2.24, 2.45) is 7.05 Å². The molecule has 14 nitrogen and oxygen atoms in total. The molecule has 2 aromatic carbocycles. The summed E-state index contributed by atoms with van der Waals surface area (Å²) in [5.41, 5.74) is 2.15. The fourth-order valence-electron chi connectivity index (χ4n) is 4.85. The maximum absolute atomic E-state index is 13.7. The lowest BCUT2D eigenvalue weighted by atomic mass is 10.1. The number of carbonyl (C=O) groups is 2. The van der Waals surface area contributed by atoms with E-state index in [0.717, 1.165) is 29.1 Å². The van der Waals surface area contributed by atoms with E-state index in [1.54, 1.807) is 6.92 Å². The maximum Gasteiger partial charge on any atom is 0.416 e. The van der Waals surface area contributed by atoms with Crippen molar-refractivity contribution in [3.8, 4) is 11.6 Å². The van der Waals surface area contributed by atoms with E-state index < -0.39 is 89.9 Å². The normalized spacial score (nSPS) is 18.7. The summed E-state index contributed by atoms with van der Waals surface area (Å²) < 4.78 is 105. The van der Waals surface area contributed by atoms with E-state index in [1.165, 1.54) is 37.4 Å². The van der Waals surface area contributed by atoms with Crippen LogP contribution in [-0.2, 0) is 18.0 Å². The number of alkyl halides is 7. The molecule has 0 spiro atoms. The van der Waals surface area contributed by atoms with Crippen molar-refractivity contribution < 1.29 is 65.1 Å². The van der Waals surface area contributed by atoms with Crippen LogP contribution in [0.15, 0.2) is 65.6 Å².